The largest absolute Gasteiger partial charge is 0.295 e. The Morgan fingerprint density at radius 1 is 1.18 bits per heavy atom. The van der Waals surface area contributed by atoms with E-state index in [-0.39, 0.29) is 24.0 Å². The molecule has 1 aromatic heterocycles. The summed E-state index contributed by atoms with van der Waals surface area (Å²) >= 11 is 1.59. The first-order valence-electron chi connectivity index (χ1n) is 8.96. The lowest BCUT2D eigenvalue weighted by molar-refractivity contribution is -0.122. The van der Waals surface area contributed by atoms with Gasteiger partial charge in [0.25, 0.3) is 5.91 Å². The number of imide groups is 1. The molecule has 2 heterocycles. The lowest BCUT2D eigenvalue weighted by atomic mass is 10.1. The van der Waals surface area contributed by atoms with Gasteiger partial charge in [0.15, 0.2) is 5.78 Å². The van der Waals surface area contributed by atoms with Gasteiger partial charge in [-0.05, 0) is 50.4 Å². The Morgan fingerprint density at radius 3 is 2.57 bits per heavy atom. The standard InChI is InChI=1S/C21H19N3O3S/c1-13(25)14-7-9-15(10-8-14)24-20(26)11-17(21(24)27)23(2)12-19-22-16-5-3-4-6-18(16)28-19/h3-10,17H,11-12H2,1-2H3. The number of nitrogens with zero attached hydrogens (tertiary/aromatic N) is 3. The first-order chi connectivity index (χ1) is 13.4. The minimum atomic E-state index is -0.521. The quantitative estimate of drug-likeness (QED) is 0.492. The van der Waals surface area contributed by atoms with Crippen molar-refractivity contribution in [2.24, 2.45) is 0 Å². The molecule has 6 nitrogen and oxygen atoms in total. The van der Waals surface area contributed by atoms with E-state index < -0.39 is 6.04 Å². The van der Waals surface area contributed by atoms with Crippen LogP contribution in [0.5, 0.6) is 0 Å². The van der Waals surface area contributed by atoms with Crippen LogP contribution < -0.4 is 4.90 Å². The fourth-order valence-electron chi connectivity index (χ4n) is 3.39. The van der Waals surface area contributed by atoms with Gasteiger partial charge in [-0.25, -0.2) is 9.88 Å². The van der Waals surface area contributed by atoms with Gasteiger partial charge in [0.2, 0.25) is 5.91 Å². The van der Waals surface area contributed by atoms with E-state index in [2.05, 4.69) is 4.98 Å². The van der Waals surface area contributed by atoms with E-state index in [1.807, 2.05) is 36.2 Å². The molecule has 4 rings (SSSR count). The maximum Gasteiger partial charge on any atom is 0.251 e. The average molecular weight is 393 g/mol. The number of aromatic nitrogens is 1. The summed E-state index contributed by atoms with van der Waals surface area (Å²) in [5.41, 5.74) is 1.99. The number of anilines is 1. The zero-order valence-corrected chi connectivity index (χ0v) is 16.4. The molecule has 1 fully saturated rings. The Balaban J connectivity index is 1.51. The molecule has 0 spiro atoms. The van der Waals surface area contributed by atoms with Gasteiger partial charge in [-0.3, -0.25) is 19.3 Å². The number of amides is 2. The van der Waals surface area contributed by atoms with Crippen LogP contribution in [0.3, 0.4) is 0 Å². The van der Waals surface area contributed by atoms with E-state index in [0.717, 1.165) is 15.2 Å². The summed E-state index contributed by atoms with van der Waals surface area (Å²) in [5, 5.41) is 0.910. The number of benzene rings is 2. The molecule has 28 heavy (non-hydrogen) atoms. The summed E-state index contributed by atoms with van der Waals surface area (Å²) in [6.45, 7) is 1.98. The first-order valence-corrected chi connectivity index (χ1v) is 9.78. The predicted octanol–water partition coefficient (Wildman–Crippen LogP) is 3.26. The highest BCUT2D eigenvalue weighted by Crippen LogP contribution is 2.28. The van der Waals surface area contributed by atoms with E-state index in [9.17, 15) is 14.4 Å². The van der Waals surface area contributed by atoms with Crippen molar-refractivity contribution < 1.29 is 14.4 Å². The monoisotopic (exact) mass is 393 g/mol. The van der Waals surface area contributed by atoms with Crippen LogP contribution in [-0.2, 0) is 16.1 Å². The van der Waals surface area contributed by atoms with Crippen LogP contribution in [0.4, 0.5) is 5.69 Å². The molecular formula is C21H19N3O3S. The molecule has 1 aliphatic rings. The van der Waals surface area contributed by atoms with Crippen LogP contribution in [0.2, 0.25) is 0 Å². The smallest absolute Gasteiger partial charge is 0.251 e. The Labute approximate surface area is 166 Å². The second-order valence-corrected chi connectivity index (χ2v) is 8.00. The highest BCUT2D eigenvalue weighted by molar-refractivity contribution is 7.18. The maximum absolute atomic E-state index is 12.9. The summed E-state index contributed by atoms with van der Waals surface area (Å²) in [7, 11) is 1.84. The Hall–Kier alpha value is -2.90. The number of carbonyl (C=O) groups is 3. The molecule has 1 unspecified atom stereocenters. The average Bonchev–Trinajstić information content (AvgIpc) is 3.21. The third kappa shape index (κ3) is 3.34. The van der Waals surface area contributed by atoms with Gasteiger partial charge in [0, 0.05) is 5.56 Å². The van der Waals surface area contributed by atoms with Crippen molar-refractivity contribution >= 4 is 44.8 Å². The number of ketones is 1. The number of rotatable bonds is 5. The molecule has 3 aromatic rings. The summed E-state index contributed by atoms with van der Waals surface area (Å²) in [6, 6.07) is 13.9. The van der Waals surface area contributed by atoms with Crippen LogP contribution in [-0.4, -0.2) is 40.6 Å². The van der Waals surface area contributed by atoms with Gasteiger partial charge in [-0.2, -0.15) is 0 Å². The van der Waals surface area contributed by atoms with Gasteiger partial charge >= 0.3 is 0 Å². The lowest BCUT2D eigenvalue weighted by Gasteiger charge is -2.21. The number of para-hydroxylation sites is 1. The molecule has 0 saturated carbocycles. The van der Waals surface area contributed by atoms with Crippen molar-refractivity contribution in [3.05, 3.63) is 59.1 Å². The minimum absolute atomic E-state index is 0.0564. The number of thiazole rings is 1. The fourth-order valence-corrected chi connectivity index (χ4v) is 4.42. The third-order valence-corrected chi connectivity index (χ3v) is 5.93. The number of hydrogen-bond donors (Lipinski definition) is 0. The molecule has 142 valence electrons. The maximum atomic E-state index is 12.9. The fraction of sp³-hybridized carbons (Fsp3) is 0.238. The number of fused-ring (bicyclic) bond motifs is 1. The molecule has 0 radical (unpaired) electrons. The van der Waals surface area contributed by atoms with E-state index in [0.29, 0.717) is 17.8 Å². The van der Waals surface area contributed by atoms with Crippen molar-refractivity contribution in [1.29, 1.82) is 0 Å². The summed E-state index contributed by atoms with van der Waals surface area (Å²) in [5.74, 6) is -0.537. The third-order valence-electron chi connectivity index (χ3n) is 4.91. The molecule has 1 aliphatic heterocycles. The molecule has 1 saturated heterocycles. The number of hydrogen-bond acceptors (Lipinski definition) is 6. The van der Waals surface area contributed by atoms with Crippen molar-refractivity contribution in [3.8, 4) is 0 Å². The lowest BCUT2D eigenvalue weighted by Crippen LogP contribution is -2.39. The Kier molecular flexibility index (Phi) is 4.78. The van der Waals surface area contributed by atoms with E-state index in [4.69, 9.17) is 0 Å². The zero-order chi connectivity index (χ0) is 19.8. The summed E-state index contributed by atoms with van der Waals surface area (Å²) in [6.07, 6.45) is 0.134. The van der Waals surface area contributed by atoms with Crippen LogP contribution >= 0.6 is 11.3 Å². The Bertz CT molecular complexity index is 1040. The SMILES string of the molecule is CC(=O)c1ccc(N2C(=O)CC(N(C)Cc3nc4ccccc4s3)C2=O)cc1. The summed E-state index contributed by atoms with van der Waals surface area (Å²) in [4.78, 5) is 44.6. The number of likely N-dealkylation sites (N-methyl/N-ethyl adjacent to an activating group) is 1. The molecular weight excluding hydrogens is 374 g/mol. The zero-order valence-electron chi connectivity index (χ0n) is 15.6. The molecule has 0 N–H and O–H groups in total. The molecule has 1 atom stereocenters. The second kappa shape index (κ2) is 7.26. The van der Waals surface area contributed by atoms with Crippen LogP contribution in [0, 0.1) is 0 Å². The van der Waals surface area contributed by atoms with Crippen molar-refractivity contribution in [1.82, 2.24) is 9.88 Å². The van der Waals surface area contributed by atoms with Crippen LogP contribution in [0.1, 0.15) is 28.7 Å². The van der Waals surface area contributed by atoms with Gasteiger partial charge in [0.05, 0.1) is 34.9 Å². The second-order valence-electron chi connectivity index (χ2n) is 6.88. The highest BCUT2D eigenvalue weighted by Gasteiger charge is 2.41. The summed E-state index contributed by atoms with van der Waals surface area (Å²) < 4.78 is 1.10. The molecule has 0 aliphatic carbocycles. The van der Waals surface area contributed by atoms with Crippen molar-refractivity contribution in [2.75, 3.05) is 11.9 Å². The molecule has 2 amide bonds. The molecule has 0 bridgehead atoms. The molecule has 2 aromatic carbocycles. The minimum Gasteiger partial charge on any atom is -0.295 e. The van der Waals surface area contributed by atoms with Crippen molar-refractivity contribution in [3.63, 3.8) is 0 Å². The number of carbonyl (C=O) groups excluding carboxylic acids is 3. The highest BCUT2D eigenvalue weighted by atomic mass is 32.1. The van der Waals surface area contributed by atoms with Crippen molar-refractivity contribution in [2.45, 2.75) is 25.9 Å². The van der Waals surface area contributed by atoms with Gasteiger partial charge in [-0.1, -0.05) is 12.1 Å². The van der Waals surface area contributed by atoms with Gasteiger partial charge in [-0.15, -0.1) is 11.3 Å². The van der Waals surface area contributed by atoms with Crippen LogP contribution in [0.15, 0.2) is 48.5 Å². The Morgan fingerprint density at radius 2 is 1.89 bits per heavy atom. The van der Waals surface area contributed by atoms with Gasteiger partial charge in [0.1, 0.15) is 5.01 Å². The van der Waals surface area contributed by atoms with E-state index in [1.165, 1.54) is 11.8 Å². The first kappa shape index (κ1) is 18.5. The number of Topliss-reactive ketones (excluding diaryl/α,β-unsaturated/α-hetero) is 1. The molecule has 7 heteroatoms. The van der Waals surface area contributed by atoms with E-state index in [1.54, 1.807) is 35.6 Å². The normalized spacial score (nSPS) is 17.1. The van der Waals surface area contributed by atoms with E-state index >= 15 is 0 Å². The van der Waals surface area contributed by atoms with Crippen LogP contribution in [0.25, 0.3) is 10.2 Å². The van der Waals surface area contributed by atoms with Gasteiger partial charge < -0.3 is 0 Å². The predicted molar refractivity (Wildman–Crippen MR) is 108 cm³/mol. The topological polar surface area (TPSA) is 70.6 Å².